The van der Waals surface area contributed by atoms with Crippen LogP contribution < -0.4 is 4.74 Å². The average molecular weight is 263 g/mol. The molecule has 3 heteroatoms. The van der Waals surface area contributed by atoms with Gasteiger partial charge in [0.15, 0.2) is 5.75 Å². The van der Waals surface area contributed by atoms with Gasteiger partial charge in [-0.3, -0.25) is 5.11 Å². The first kappa shape index (κ1) is 8.64. The minimum atomic E-state index is -0.0532. The van der Waals surface area contributed by atoms with Gasteiger partial charge in [0.1, 0.15) is 0 Å². The number of benzene rings is 1. The van der Waals surface area contributed by atoms with Crippen molar-refractivity contribution in [1.82, 2.24) is 0 Å². The molecule has 0 N–H and O–H groups in total. The molecule has 0 aliphatic rings. The highest BCUT2D eigenvalue weighted by molar-refractivity contribution is 14.1. The highest BCUT2D eigenvalue weighted by Crippen LogP contribution is 2.30. The Bertz CT molecular complexity index is 271. The minimum absolute atomic E-state index is 0.0532. The second-order valence-electron chi connectivity index (χ2n) is 2.25. The predicted molar refractivity (Wildman–Crippen MR) is 50.6 cm³/mol. The van der Waals surface area contributed by atoms with Gasteiger partial charge in [-0.25, -0.2) is 0 Å². The number of rotatable bonds is 1. The number of hydrogen-bond donors (Lipinski definition) is 0. The Morgan fingerprint density at radius 2 is 2.09 bits per heavy atom. The van der Waals surface area contributed by atoms with Gasteiger partial charge in [-0.1, -0.05) is 0 Å². The van der Waals surface area contributed by atoms with Crippen molar-refractivity contribution in [2.45, 2.75) is 6.92 Å². The van der Waals surface area contributed by atoms with Crippen molar-refractivity contribution >= 4 is 22.6 Å². The van der Waals surface area contributed by atoms with Crippen LogP contribution in [0.2, 0.25) is 0 Å². The molecule has 0 aromatic heterocycles. The molecule has 59 valence electrons. The quantitative estimate of drug-likeness (QED) is 0.716. The zero-order valence-electron chi connectivity index (χ0n) is 6.35. The summed E-state index contributed by atoms with van der Waals surface area (Å²) in [5.41, 5.74) is 1.07. The summed E-state index contributed by atoms with van der Waals surface area (Å²) in [5, 5.41) is 11.1. The molecule has 0 atom stereocenters. The Morgan fingerprint density at radius 1 is 1.45 bits per heavy atom. The molecule has 1 aromatic carbocycles. The van der Waals surface area contributed by atoms with Gasteiger partial charge in [0.05, 0.1) is 7.11 Å². The van der Waals surface area contributed by atoms with E-state index in [0.717, 1.165) is 9.13 Å². The molecule has 0 bridgehead atoms. The highest BCUT2D eigenvalue weighted by atomic mass is 127. The molecule has 0 saturated carbocycles. The Kier molecular flexibility index (Phi) is 2.59. The molecule has 0 fully saturated rings. The average Bonchev–Trinajstić information content (AvgIpc) is 1.97. The number of aryl methyl sites for hydroxylation is 1. The van der Waals surface area contributed by atoms with Gasteiger partial charge in [-0.2, -0.15) is 0 Å². The zero-order chi connectivity index (χ0) is 8.43. The van der Waals surface area contributed by atoms with Crippen LogP contribution in [-0.4, -0.2) is 7.11 Å². The van der Waals surface area contributed by atoms with E-state index in [9.17, 15) is 5.11 Å². The van der Waals surface area contributed by atoms with E-state index >= 15 is 0 Å². The van der Waals surface area contributed by atoms with E-state index in [0.29, 0.717) is 5.75 Å². The lowest BCUT2D eigenvalue weighted by Crippen LogP contribution is -1.86. The SMILES string of the molecule is COc1cc(C)c(I)cc1[O]. The van der Waals surface area contributed by atoms with Crippen molar-refractivity contribution in [3.05, 3.63) is 21.3 Å². The number of hydrogen-bond acceptors (Lipinski definition) is 1. The summed E-state index contributed by atoms with van der Waals surface area (Å²) in [6.45, 7) is 1.95. The van der Waals surface area contributed by atoms with Crippen molar-refractivity contribution in [1.29, 1.82) is 0 Å². The predicted octanol–water partition coefficient (Wildman–Crippen LogP) is 2.75. The van der Waals surface area contributed by atoms with E-state index in [-0.39, 0.29) is 5.75 Å². The van der Waals surface area contributed by atoms with Crippen LogP contribution in [0.3, 0.4) is 0 Å². The normalized spacial score (nSPS) is 9.73. The third kappa shape index (κ3) is 1.77. The smallest absolute Gasteiger partial charge is 0.221 e. The number of methoxy groups -OCH3 is 1. The maximum absolute atomic E-state index is 11.1. The zero-order valence-corrected chi connectivity index (χ0v) is 8.51. The summed E-state index contributed by atoms with van der Waals surface area (Å²) in [7, 11) is 1.50. The molecule has 2 nitrogen and oxygen atoms in total. The van der Waals surface area contributed by atoms with Gasteiger partial charge < -0.3 is 4.74 Å². The van der Waals surface area contributed by atoms with E-state index in [1.807, 2.05) is 6.92 Å². The molecule has 1 aromatic rings. The van der Waals surface area contributed by atoms with Crippen molar-refractivity contribution in [2.75, 3.05) is 7.11 Å². The fraction of sp³-hybridized carbons (Fsp3) is 0.250. The second-order valence-corrected chi connectivity index (χ2v) is 3.41. The molecule has 1 rings (SSSR count). The van der Waals surface area contributed by atoms with Crippen LogP contribution in [0, 0.1) is 10.5 Å². The fourth-order valence-electron chi connectivity index (χ4n) is 0.796. The van der Waals surface area contributed by atoms with Gasteiger partial charge in [-0.15, -0.1) is 0 Å². The molecule has 0 saturated heterocycles. The Balaban J connectivity index is 3.21. The summed E-state index contributed by atoms with van der Waals surface area (Å²) in [4.78, 5) is 0. The van der Waals surface area contributed by atoms with Gasteiger partial charge in [-0.05, 0) is 41.1 Å². The molecule has 0 aliphatic heterocycles. The van der Waals surface area contributed by atoms with Crippen molar-refractivity contribution in [3.8, 4) is 11.5 Å². The second kappa shape index (κ2) is 3.30. The molecule has 0 aliphatic carbocycles. The first-order chi connectivity index (χ1) is 5.15. The van der Waals surface area contributed by atoms with E-state index in [2.05, 4.69) is 22.6 Å². The van der Waals surface area contributed by atoms with Crippen LogP contribution >= 0.6 is 22.6 Å². The minimum Gasteiger partial charge on any atom is -0.493 e. The molecule has 0 unspecified atom stereocenters. The molecule has 11 heavy (non-hydrogen) atoms. The van der Waals surface area contributed by atoms with Gasteiger partial charge in [0.2, 0.25) is 5.75 Å². The molecular formula is C8H8IO2. The summed E-state index contributed by atoms with van der Waals surface area (Å²) >= 11 is 2.13. The maximum atomic E-state index is 11.1. The van der Waals surface area contributed by atoms with Crippen LogP contribution in [0.5, 0.6) is 11.5 Å². The first-order valence-corrected chi connectivity index (χ1v) is 4.24. The van der Waals surface area contributed by atoms with Crippen LogP contribution in [0.4, 0.5) is 0 Å². The van der Waals surface area contributed by atoms with E-state index in [1.54, 1.807) is 12.1 Å². The summed E-state index contributed by atoms with van der Waals surface area (Å²) in [5.74, 6) is 0.366. The van der Waals surface area contributed by atoms with Crippen LogP contribution in [0.1, 0.15) is 5.56 Å². The number of ether oxygens (including phenoxy) is 1. The van der Waals surface area contributed by atoms with Crippen LogP contribution in [0.15, 0.2) is 12.1 Å². The van der Waals surface area contributed by atoms with Crippen molar-refractivity contribution < 1.29 is 9.84 Å². The largest absolute Gasteiger partial charge is 0.493 e. The van der Waals surface area contributed by atoms with E-state index in [4.69, 9.17) is 4.74 Å². The standard InChI is InChI=1S/C8H8IO2/c1-5-3-8(11-2)7(10)4-6(5)9/h3-4H,1-2H3. The molecule has 0 heterocycles. The monoisotopic (exact) mass is 263 g/mol. The lowest BCUT2D eigenvalue weighted by atomic mass is 10.2. The Hall–Kier alpha value is -0.450. The van der Waals surface area contributed by atoms with Gasteiger partial charge >= 0.3 is 0 Å². The Labute approximate surface area is 79.3 Å². The summed E-state index contributed by atoms with van der Waals surface area (Å²) in [6.07, 6.45) is 0. The lowest BCUT2D eigenvalue weighted by Gasteiger charge is -2.03. The maximum Gasteiger partial charge on any atom is 0.221 e. The third-order valence-corrected chi connectivity index (χ3v) is 2.61. The summed E-state index contributed by atoms with van der Waals surface area (Å²) < 4.78 is 5.84. The molecule has 0 spiro atoms. The summed E-state index contributed by atoms with van der Waals surface area (Å²) in [6, 6.07) is 3.33. The molecule has 1 radical (unpaired) electrons. The first-order valence-electron chi connectivity index (χ1n) is 3.16. The Morgan fingerprint density at radius 3 is 2.64 bits per heavy atom. The topological polar surface area (TPSA) is 29.1 Å². The fourth-order valence-corrected chi connectivity index (χ4v) is 1.23. The third-order valence-electron chi connectivity index (χ3n) is 1.44. The van der Waals surface area contributed by atoms with Crippen LogP contribution in [-0.2, 0) is 5.11 Å². The van der Waals surface area contributed by atoms with E-state index in [1.165, 1.54) is 7.11 Å². The van der Waals surface area contributed by atoms with E-state index < -0.39 is 0 Å². The lowest BCUT2D eigenvalue weighted by molar-refractivity contribution is 0.315. The van der Waals surface area contributed by atoms with Gasteiger partial charge in [0.25, 0.3) is 0 Å². The van der Waals surface area contributed by atoms with Crippen molar-refractivity contribution in [2.24, 2.45) is 0 Å². The van der Waals surface area contributed by atoms with Gasteiger partial charge in [0, 0.05) is 9.64 Å². The van der Waals surface area contributed by atoms with Crippen molar-refractivity contribution in [3.63, 3.8) is 0 Å². The number of halogens is 1. The molecular weight excluding hydrogens is 255 g/mol. The highest BCUT2D eigenvalue weighted by Gasteiger charge is 2.05. The molecule has 0 amide bonds. The van der Waals surface area contributed by atoms with Crippen LogP contribution in [0.25, 0.3) is 0 Å².